The summed E-state index contributed by atoms with van der Waals surface area (Å²) < 4.78 is 5.45. The van der Waals surface area contributed by atoms with Gasteiger partial charge in [-0.15, -0.1) is 0 Å². The van der Waals surface area contributed by atoms with Crippen molar-refractivity contribution in [3.63, 3.8) is 0 Å². The molecule has 1 amide bonds. The number of carbonyl (C=O) groups is 2. The van der Waals surface area contributed by atoms with Gasteiger partial charge in [-0.2, -0.15) is 0 Å². The van der Waals surface area contributed by atoms with E-state index in [1.54, 1.807) is 30.3 Å². The molecule has 2 N–H and O–H groups in total. The van der Waals surface area contributed by atoms with Crippen molar-refractivity contribution in [2.75, 3.05) is 19.8 Å². The van der Waals surface area contributed by atoms with Gasteiger partial charge in [0.15, 0.2) is 0 Å². The highest BCUT2D eigenvalue weighted by Gasteiger charge is 2.45. The van der Waals surface area contributed by atoms with Crippen molar-refractivity contribution in [3.8, 4) is 5.75 Å². The number of Topliss-reactive ketones (excluding diaryl/α,β-unsaturated/α-hetero) is 1. The number of benzene rings is 2. The molecule has 0 aliphatic carbocycles. The fraction of sp³-hybridized carbons (Fsp3) is 0.250. The standard InChI is InChI=1S/C24H25NO5/c1-3-15-30-19-11-9-18(10-12-19)22(27)20-21(17-7-5-16(2)6-8-17)25(13-4-14-26)24(29)23(20)28/h3,5-12,21,26-27H,1,4,13-15H2,2H3/t21-/m0/s1. The van der Waals surface area contributed by atoms with Crippen molar-refractivity contribution in [2.24, 2.45) is 0 Å². The zero-order valence-corrected chi connectivity index (χ0v) is 16.9. The Balaban J connectivity index is 2.05. The highest BCUT2D eigenvalue weighted by Crippen LogP contribution is 2.39. The lowest BCUT2D eigenvalue weighted by atomic mass is 9.94. The maximum Gasteiger partial charge on any atom is 0.295 e. The third-order valence-electron chi connectivity index (χ3n) is 4.99. The summed E-state index contributed by atoms with van der Waals surface area (Å²) in [5.41, 5.74) is 2.23. The lowest BCUT2D eigenvalue weighted by molar-refractivity contribution is -0.140. The molecule has 156 valence electrons. The highest BCUT2D eigenvalue weighted by molar-refractivity contribution is 6.46. The summed E-state index contributed by atoms with van der Waals surface area (Å²) in [6.45, 7) is 6.01. The normalized spacial score (nSPS) is 17.9. The molecule has 6 heteroatoms. The SMILES string of the molecule is C=CCOc1ccc(C(O)=C2C(=O)C(=O)N(CCCO)[C@H]2c2ccc(C)cc2)cc1. The van der Waals surface area contributed by atoms with Crippen molar-refractivity contribution in [1.29, 1.82) is 0 Å². The largest absolute Gasteiger partial charge is 0.507 e. The quantitative estimate of drug-likeness (QED) is 0.303. The van der Waals surface area contributed by atoms with Crippen molar-refractivity contribution in [3.05, 3.63) is 83.4 Å². The molecule has 0 saturated carbocycles. The first-order chi connectivity index (χ1) is 14.5. The van der Waals surface area contributed by atoms with E-state index in [1.165, 1.54) is 4.90 Å². The van der Waals surface area contributed by atoms with Gasteiger partial charge in [0.25, 0.3) is 11.7 Å². The molecule has 0 spiro atoms. The van der Waals surface area contributed by atoms with Crippen LogP contribution in [0.3, 0.4) is 0 Å². The highest BCUT2D eigenvalue weighted by atomic mass is 16.5. The van der Waals surface area contributed by atoms with E-state index >= 15 is 0 Å². The number of aliphatic hydroxyl groups is 2. The van der Waals surface area contributed by atoms with Gasteiger partial charge in [-0.3, -0.25) is 9.59 Å². The van der Waals surface area contributed by atoms with Crippen LogP contribution in [0.15, 0.2) is 66.8 Å². The Morgan fingerprint density at radius 3 is 2.40 bits per heavy atom. The molecule has 1 saturated heterocycles. The molecule has 0 bridgehead atoms. The summed E-state index contributed by atoms with van der Waals surface area (Å²) in [5, 5.41) is 20.2. The van der Waals surface area contributed by atoms with Crippen LogP contribution in [-0.4, -0.2) is 46.6 Å². The second kappa shape index (κ2) is 9.41. The summed E-state index contributed by atoms with van der Waals surface area (Å²) >= 11 is 0. The lowest BCUT2D eigenvalue weighted by Gasteiger charge is -2.25. The maximum absolute atomic E-state index is 12.8. The number of ether oxygens (including phenoxy) is 1. The zero-order valence-electron chi connectivity index (χ0n) is 16.9. The molecule has 0 radical (unpaired) electrons. The fourth-order valence-electron chi connectivity index (χ4n) is 3.47. The van der Waals surface area contributed by atoms with E-state index in [-0.39, 0.29) is 24.5 Å². The number of aryl methyl sites for hydroxylation is 1. The first-order valence-electron chi connectivity index (χ1n) is 9.78. The first-order valence-corrected chi connectivity index (χ1v) is 9.78. The van der Waals surface area contributed by atoms with Crippen LogP contribution in [0.25, 0.3) is 5.76 Å². The van der Waals surface area contributed by atoms with Crippen LogP contribution in [0.1, 0.15) is 29.2 Å². The van der Waals surface area contributed by atoms with Gasteiger partial charge >= 0.3 is 0 Å². The van der Waals surface area contributed by atoms with Crippen molar-refractivity contribution >= 4 is 17.4 Å². The molecule has 3 rings (SSSR count). The van der Waals surface area contributed by atoms with Crippen molar-refractivity contribution < 1.29 is 24.5 Å². The van der Waals surface area contributed by atoms with E-state index in [2.05, 4.69) is 6.58 Å². The summed E-state index contributed by atoms with van der Waals surface area (Å²) in [5.74, 6) is -1.05. The second-order valence-corrected chi connectivity index (χ2v) is 7.10. The first kappa shape index (κ1) is 21.3. The Morgan fingerprint density at radius 2 is 1.80 bits per heavy atom. The molecule has 2 aromatic carbocycles. The van der Waals surface area contributed by atoms with Gasteiger partial charge in [0, 0.05) is 18.7 Å². The predicted molar refractivity (Wildman–Crippen MR) is 114 cm³/mol. The van der Waals surface area contributed by atoms with E-state index in [4.69, 9.17) is 4.74 Å². The van der Waals surface area contributed by atoms with Gasteiger partial charge in [0.05, 0.1) is 11.6 Å². The van der Waals surface area contributed by atoms with Crippen molar-refractivity contribution in [1.82, 2.24) is 4.90 Å². The number of aliphatic hydroxyl groups excluding tert-OH is 2. The van der Waals surface area contributed by atoms with Crippen LogP contribution >= 0.6 is 0 Å². The van der Waals surface area contributed by atoms with E-state index in [9.17, 15) is 19.8 Å². The van der Waals surface area contributed by atoms with Crippen LogP contribution in [-0.2, 0) is 9.59 Å². The molecule has 30 heavy (non-hydrogen) atoms. The van der Waals surface area contributed by atoms with Crippen LogP contribution in [0.4, 0.5) is 0 Å². The topological polar surface area (TPSA) is 87.1 Å². The molecule has 0 unspecified atom stereocenters. The van der Waals surface area contributed by atoms with Gasteiger partial charge < -0.3 is 19.8 Å². The monoisotopic (exact) mass is 407 g/mol. The summed E-state index contributed by atoms with van der Waals surface area (Å²) in [6.07, 6.45) is 1.97. The molecule has 1 atom stereocenters. The molecular weight excluding hydrogens is 382 g/mol. The minimum atomic E-state index is -0.733. The van der Waals surface area contributed by atoms with Crippen molar-refractivity contribution in [2.45, 2.75) is 19.4 Å². The van der Waals surface area contributed by atoms with E-state index in [1.807, 2.05) is 31.2 Å². The Kier molecular flexibility index (Phi) is 6.69. The number of amides is 1. The van der Waals surface area contributed by atoms with Crippen LogP contribution in [0.5, 0.6) is 5.75 Å². The Labute approximate surface area is 175 Å². The van der Waals surface area contributed by atoms with Crippen LogP contribution in [0, 0.1) is 6.92 Å². The molecule has 1 aliphatic rings. The molecule has 0 aromatic heterocycles. The molecule has 2 aromatic rings. The van der Waals surface area contributed by atoms with Gasteiger partial charge in [-0.05, 0) is 43.2 Å². The zero-order chi connectivity index (χ0) is 21.7. The maximum atomic E-state index is 12.8. The third kappa shape index (κ3) is 4.28. The van der Waals surface area contributed by atoms with E-state index in [0.717, 1.165) is 11.1 Å². The second-order valence-electron chi connectivity index (χ2n) is 7.10. The number of likely N-dealkylation sites (tertiary alicyclic amines) is 1. The Morgan fingerprint density at radius 1 is 1.13 bits per heavy atom. The Hall–Kier alpha value is -3.38. The minimum absolute atomic E-state index is 0.0431. The fourth-order valence-corrected chi connectivity index (χ4v) is 3.47. The van der Waals surface area contributed by atoms with Crippen LogP contribution < -0.4 is 4.74 Å². The number of hydrogen-bond acceptors (Lipinski definition) is 5. The number of hydrogen-bond donors (Lipinski definition) is 2. The van der Waals surface area contributed by atoms with Crippen LogP contribution in [0.2, 0.25) is 0 Å². The smallest absolute Gasteiger partial charge is 0.295 e. The third-order valence-corrected chi connectivity index (χ3v) is 4.99. The molecule has 1 fully saturated rings. The van der Waals surface area contributed by atoms with Gasteiger partial charge in [-0.25, -0.2) is 0 Å². The summed E-state index contributed by atoms with van der Waals surface area (Å²) in [6, 6.07) is 13.4. The number of carbonyl (C=O) groups excluding carboxylic acids is 2. The Bertz CT molecular complexity index is 960. The average molecular weight is 407 g/mol. The lowest BCUT2D eigenvalue weighted by Crippen LogP contribution is -2.31. The number of rotatable bonds is 8. The molecule has 6 nitrogen and oxygen atoms in total. The van der Waals surface area contributed by atoms with Gasteiger partial charge in [0.2, 0.25) is 0 Å². The summed E-state index contributed by atoms with van der Waals surface area (Å²) in [4.78, 5) is 27.0. The number of ketones is 1. The summed E-state index contributed by atoms with van der Waals surface area (Å²) in [7, 11) is 0. The minimum Gasteiger partial charge on any atom is -0.507 e. The average Bonchev–Trinajstić information content (AvgIpc) is 3.01. The van der Waals surface area contributed by atoms with E-state index in [0.29, 0.717) is 24.3 Å². The molecular formula is C24H25NO5. The van der Waals surface area contributed by atoms with Gasteiger partial charge in [0.1, 0.15) is 18.1 Å². The van der Waals surface area contributed by atoms with Gasteiger partial charge in [-0.1, -0.05) is 42.5 Å². The predicted octanol–water partition coefficient (Wildman–Crippen LogP) is 3.36. The molecule has 1 aliphatic heterocycles. The molecule has 1 heterocycles. The number of nitrogens with zero attached hydrogens (tertiary/aromatic N) is 1. The van der Waals surface area contributed by atoms with E-state index < -0.39 is 17.7 Å².